The number of alkyl halides is 3. The minimum absolute atomic E-state index is 0.0196. The highest BCUT2D eigenvalue weighted by Gasteiger charge is 2.31. The average Bonchev–Trinajstić information content (AvgIpc) is 3.43. The van der Waals surface area contributed by atoms with E-state index in [4.69, 9.17) is 4.74 Å². The van der Waals surface area contributed by atoms with Gasteiger partial charge in [-0.25, -0.2) is 14.6 Å². The number of para-hydroxylation sites is 2. The number of nitrogens with one attached hydrogen (secondary N) is 1. The number of hydrogen-bond acceptors (Lipinski definition) is 6. The van der Waals surface area contributed by atoms with Crippen molar-refractivity contribution >= 4 is 34.4 Å². The lowest BCUT2D eigenvalue weighted by molar-refractivity contribution is -0.137. The van der Waals surface area contributed by atoms with E-state index in [9.17, 15) is 18.0 Å². The Hall–Kier alpha value is -3.38. The zero-order chi connectivity index (χ0) is 23.4. The number of rotatable bonds is 8. The van der Waals surface area contributed by atoms with Gasteiger partial charge in [0.25, 0.3) is 0 Å². The normalized spacial score (nSPS) is 11.8. The first-order valence-corrected chi connectivity index (χ1v) is 10.8. The number of carbonyl (C=O) groups excluding carboxylic acids is 1. The number of halogens is 3. The maximum absolute atomic E-state index is 13.2. The van der Waals surface area contributed by atoms with E-state index in [1.807, 2.05) is 28.8 Å². The molecule has 0 saturated carbocycles. The van der Waals surface area contributed by atoms with Gasteiger partial charge in [0.05, 0.1) is 40.3 Å². The molecule has 2 aromatic carbocycles. The van der Waals surface area contributed by atoms with Crippen LogP contribution in [0.1, 0.15) is 5.56 Å². The van der Waals surface area contributed by atoms with Crippen molar-refractivity contribution in [1.82, 2.24) is 24.3 Å². The second-order valence-electron chi connectivity index (χ2n) is 6.93. The van der Waals surface area contributed by atoms with Gasteiger partial charge >= 0.3 is 6.18 Å². The highest BCUT2D eigenvalue weighted by atomic mass is 32.2. The van der Waals surface area contributed by atoms with Crippen molar-refractivity contribution in [3.8, 4) is 5.69 Å². The monoisotopic (exact) mass is 476 g/mol. The summed E-state index contributed by atoms with van der Waals surface area (Å²) in [5.41, 5.74) is 1.06. The Kier molecular flexibility index (Phi) is 6.65. The number of anilines is 1. The minimum Gasteiger partial charge on any atom is -0.383 e. The lowest BCUT2D eigenvalue weighted by Gasteiger charge is -2.14. The van der Waals surface area contributed by atoms with Crippen molar-refractivity contribution in [2.75, 3.05) is 24.8 Å². The van der Waals surface area contributed by atoms with Crippen LogP contribution in [0.5, 0.6) is 0 Å². The molecule has 2 aromatic heterocycles. The summed E-state index contributed by atoms with van der Waals surface area (Å²) in [6.07, 6.45) is -1.96. The van der Waals surface area contributed by atoms with Gasteiger partial charge in [-0.05, 0) is 30.3 Å². The molecule has 8 nitrogen and oxygen atoms in total. The predicted molar refractivity (Wildman–Crippen MR) is 117 cm³/mol. The maximum atomic E-state index is 13.2. The van der Waals surface area contributed by atoms with Crippen LogP contribution in [0.4, 0.5) is 18.9 Å². The second-order valence-corrected chi connectivity index (χ2v) is 7.88. The SMILES string of the molecule is COCCn1c(SCC(=O)Nc2cc(C(F)(F)F)ccc2-n2cncn2)nc2ccccc21. The molecular weight excluding hydrogens is 457 g/mol. The lowest BCUT2D eigenvalue weighted by atomic mass is 10.1. The van der Waals surface area contributed by atoms with Crippen molar-refractivity contribution in [3.05, 3.63) is 60.7 Å². The van der Waals surface area contributed by atoms with E-state index >= 15 is 0 Å². The quantitative estimate of drug-likeness (QED) is 0.387. The molecule has 0 saturated heterocycles. The summed E-state index contributed by atoms with van der Waals surface area (Å²) in [5, 5.41) is 7.13. The predicted octanol–water partition coefficient (Wildman–Crippen LogP) is 4.01. The van der Waals surface area contributed by atoms with Gasteiger partial charge in [-0.15, -0.1) is 0 Å². The van der Waals surface area contributed by atoms with Crippen LogP contribution in [0.15, 0.2) is 60.3 Å². The number of benzene rings is 2. The van der Waals surface area contributed by atoms with E-state index in [1.165, 1.54) is 35.2 Å². The van der Waals surface area contributed by atoms with Crippen molar-refractivity contribution < 1.29 is 22.7 Å². The number of amides is 1. The fourth-order valence-electron chi connectivity index (χ4n) is 3.22. The Balaban J connectivity index is 1.55. The van der Waals surface area contributed by atoms with Crippen LogP contribution in [-0.4, -0.2) is 49.7 Å². The summed E-state index contributed by atoms with van der Waals surface area (Å²) in [6.45, 7) is 1.01. The van der Waals surface area contributed by atoms with Crippen LogP contribution >= 0.6 is 11.8 Å². The summed E-state index contributed by atoms with van der Waals surface area (Å²) in [6, 6.07) is 10.6. The van der Waals surface area contributed by atoms with Gasteiger partial charge in [-0.3, -0.25) is 4.79 Å². The van der Waals surface area contributed by atoms with E-state index in [1.54, 1.807) is 7.11 Å². The van der Waals surface area contributed by atoms with Gasteiger partial charge < -0.3 is 14.6 Å². The van der Waals surface area contributed by atoms with Crippen LogP contribution in [0.25, 0.3) is 16.7 Å². The number of methoxy groups -OCH3 is 1. The van der Waals surface area contributed by atoms with E-state index in [-0.39, 0.29) is 17.1 Å². The number of carbonyl (C=O) groups is 1. The number of thioether (sulfide) groups is 1. The van der Waals surface area contributed by atoms with Gasteiger partial charge in [0.1, 0.15) is 12.7 Å². The first-order valence-electron chi connectivity index (χ1n) is 9.80. The minimum atomic E-state index is -4.55. The zero-order valence-electron chi connectivity index (χ0n) is 17.4. The largest absolute Gasteiger partial charge is 0.416 e. The molecule has 0 radical (unpaired) electrons. The third kappa shape index (κ3) is 5.17. The summed E-state index contributed by atoms with van der Waals surface area (Å²) in [7, 11) is 1.60. The Morgan fingerprint density at radius 2 is 2.03 bits per heavy atom. The fourth-order valence-corrected chi connectivity index (χ4v) is 4.06. The maximum Gasteiger partial charge on any atom is 0.416 e. The zero-order valence-corrected chi connectivity index (χ0v) is 18.2. The van der Waals surface area contributed by atoms with Crippen molar-refractivity contribution in [1.29, 1.82) is 0 Å². The molecule has 0 atom stereocenters. The lowest BCUT2D eigenvalue weighted by Crippen LogP contribution is -2.17. The molecule has 1 amide bonds. The molecule has 0 spiro atoms. The molecule has 0 bridgehead atoms. The Bertz CT molecular complexity index is 1260. The second kappa shape index (κ2) is 9.63. The average molecular weight is 476 g/mol. The van der Waals surface area contributed by atoms with Crippen LogP contribution in [0, 0.1) is 0 Å². The molecule has 172 valence electrons. The van der Waals surface area contributed by atoms with Gasteiger partial charge in [-0.1, -0.05) is 23.9 Å². The summed E-state index contributed by atoms with van der Waals surface area (Å²) < 4.78 is 48.1. The first kappa shape index (κ1) is 22.8. The number of hydrogen-bond donors (Lipinski definition) is 1. The number of aromatic nitrogens is 5. The highest BCUT2D eigenvalue weighted by molar-refractivity contribution is 7.99. The smallest absolute Gasteiger partial charge is 0.383 e. The molecule has 4 rings (SSSR count). The summed E-state index contributed by atoms with van der Waals surface area (Å²) in [4.78, 5) is 21.1. The van der Waals surface area contributed by atoms with E-state index in [0.717, 1.165) is 23.2 Å². The molecule has 1 N–H and O–H groups in total. The van der Waals surface area contributed by atoms with Crippen molar-refractivity contribution in [2.24, 2.45) is 0 Å². The van der Waals surface area contributed by atoms with Crippen LogP contribution in [0.3, 0.4) is 0 Å². The van der Waals surface area contributed by atoms with E-state index < -0.39 is 17.6 Å². The standard InChI is InChI=1S/C21H19F3N6O2S/c1-32-9-8-29-17-5-3-2-4-15(17)28-20(29)33-11-19(31)27-16-10-14(21(22,23)24)6-7-18(16)30-13-25-12-26-30/h2-7,10,12-13H,8-9,11H2,1H3,(H,27,31). The number of imidazole rings is 1. The molecule has 0 aliphatic heterocycles. The molecule has 33 heavy (non-hydrogen) atoms. The highest BCUT2D eigenvalue weighted by Crippen LogP contribution is 2.33. The third-order valence-electron chi connectivity index (χ3n) is 4.73. The molecule has 0 fully saturated rings. The van der Waals surface area contributed by atoms with Crippen LogP contribution < -0.4 is 5.32 Å². The summed E-state index contributed by atoms with van der Waals surface area (Å²) in [5.74, 6) is -0.533. The molecule has 4 aromatic rings. The Morgan fingerprint density at radius 1 is 1.21 bits per heavy atom. The fraction of sp³-hybridized carbons (Fsp3) is 0.238. The third-order valence-corrected chi connectivity index (χ3v) is 5.71. The molecular formula is C21H19F3N6O2S. The van der Waals surface area contributed by atoms with Gasteiger partial charge in [-0.2, -0.15) is 18.3 Å². The van der Waals surface area contributed by atoms with Gasteiger partial charge in [0.2, 0.25) is 5.91 Å². The van der Waals surface area contributed by atoms with Gasteiger partial charge in [0.15, 0.2) is 5.16 Å². The topological polar surface area (TPSA) is 86.9 Å². The van der Waals surface area contributed by atoms with Crippen LogP contribution in [0.2, 0.25) is 0 Å². The Labute approximate surface area is 190 Å². The molecule has 12 heteroatoms. The molecule has 0 aliphatic rings. The Morgan fingerprint density at radius 3 is 2.76 bits per heavy atom. The summed E-state index contributed by atoms with van der Waals surface area (Å²) >= 11 is 1.19. The first-order chi connectivity index (χ1) is 15.9. The van der Waals surface area contributed by atoms with Crippen molar-refractivity contribution in [3.63, 3.8) is 0 Å². The molecule has 2 heterocycles. The molecule has 0 unspecified atom stereocenters. The van der Waals surface area contributed by atoms with Crippen LogP contribution in [-0.2, 0) is 22.3 Å². The van der Waals surface area contributed by atoms with Gasteiger partial charge in [0, 0.05) is 13.7 Å². The van der Waals surface area contributed by atoms with E-state index in [0.29, 0.717) is 18.3 Å². The van der Waals surface area contributed by atoms with Crippen molar-refractivity contribution in [2.45, 2.75) is 17.9 Å². The molecule has 0 aliphatic carbocycles. The number of nitrogens with zero attached hydrogens (tertiary/aromatic N) is 5. The number of fused-ring (bicyclic) bond motifs is 1. The number of ether oxygens (including phenoxy) is 1. The van der Waals surface area contributed by atoms with E-state index in [2.05, 4.69) is 20.4 Å².